The van der Waals surface area contributed by atoms with Crippen LogP contribution in [-0.4, -0.2) is 59.4 Å². The number of hydrogen-bond acceptors (Lipinski definition) is 5. The number of carbonyl (C=O) groups excluding carboxylic acids is 1. The third-order valence-electron chi connectivity index (χ3n) is 5.39. The number of carboxylic acids is 1. The van der Waals surface area contributed by atoms with Crippen molar-refractivity contribution in [2.75, 3.05) is 19.7 Å². The summed E-state index contributed by atoms with van der Waals surface area (Å²) in [6.07, 6.45) is -1.23. The summed E-state index contributed by atoms with van der Waals surface area (Å²) in [7, 11) is 0. The van der Waals surface area contributed by atoms with Gasteiger partial charge in [0.15, 0.2) is 0 Å². The van der Waals surface area contributed by atoms with Gasteiger partial charge in [0.2, 0.25) is 5.91 Å². The van der Waals surface area contributed by atoms with Crippen molar-refractivity contribution in [2.45, 2.75) is 70.8 Å². The van der Waals surface area contributed by atoms with Gasteiger partial charge in [-0.3, -0.25) is 9.69 Å². The average molecular weight is 465 g/mol. The van der Waals surface area contributed by atoms with E-state index >= 15 is 0 Å². The van der Waals surface area contributed by atoms with Gasteiger partial charge in [0.05, 0.1) is 12.2 Å². The van der Waals surface area contributed by atoms with Crippen molar-refractivity contribution in [1.82, 2.24) is 10.2 Å². The van der Waals surface area contributed by atoms with E-state index in [1.54, 1.807) is 0 Å². The molecule has 0 aliphatic carbocycles. The molecular weight excluding hydrogens is 433 g/mol. The number of nitrogens with one attached hydrogen (secondary N) is 1. The maximum Gasteiger partial charge on any atom is 0.490 e. The van der Waals surface area contributed by atoms with E-state index in [2.05, 4.69) is 29.3 Å². The van der Waals surface area contributed by atoms with Gasteiger partial charge in [0, 0.05) is 41.9 Å². The fraction of sp³-hybridized carbons (Fsp3) is 0.714. The first-order valence-electron chi connectivity index (χ1n) is 10.4. The van der Waals surface area contributed by atoms with E-state index in [4.69, 9.17) is 14.6 Å². The standard InChI is InChI=1S/C19H30N2O2S.C2HF3O2/c1-14(2)20-18(22)10-16-11-19(23-13-16)6-8-21(9-7-19)12-17-5-4-15(3)24-17;3-2(4,5)1(6)7/h4-5,14,16H,6-13H2,1-3H3,(H,20,22);(H,6,7). The highest BCUT2D eigenvalue weighted by atomic mass is 32.1. The molecule has 1 aromatic heterocycles. The molecule has 10 heteroatoms. The Morgan fingerprint density at radius 2 is 1.94 bits per heavy atom. The Morgan fingerprint density at radius 1 is 1.32 bits per heavy atom. The molecule has 2 aliphatic rings. The summed E-state index contributed by atoms with van der Waals surface area (Å²) in [5, 5.41) is 10.1. The molecule has 2 N–H and O–H groups in total. The van der Waals surface area contributed by atoms with Crippen LogP contribution >= 0.6 is 11.3 Å². The number of amides is 1. The van der Waals surface area contributed by atoms with Crippen LogP contribution in [0.2, 0.25) is 0 Å². The zero-order chi connectivity index (χ0) is 23.2. The molecule has 6 nitrogen and oxygen atoms in total. The molecule has 2 aliphatic heterocycles. The Balaban J connectivity index is 0.000000423. The van der Waals surface area contributed by atoms with Gasteiger partial charge in [-0.05, 0) is 58.1 Å². The predicted octanol–water partition coefficient (Wildman–Crippen LogP) is 3.98. The number of halogens is 3. The average Bonchev–Trinajstić information content (AvgIpc) is 3.22. The number of carbonyl (C=O) groups is 2. The number of aryl methyl sites for hydroxylation is 1. The van der Waals surface area contributed by atoms with E-state index < -0.39 is 12.1 Å². The number of aliphatic carboxylic acids is 1. The SMILES string of the molecule is Cc1ccc(CN2CCC3(CC2)CC(CC(=O)NC(C)C)CO3)s1.O=C(O)C(F)(F)F. The van der Waals surface area contributed by atoms with Crippen LogP contribution in [0.25, 0.3) is 0 Å². The highest BCUT2D eigenvalue weighted by molar-refractivity contribution is 7.11. The van der Waals surface area contributed by atoms with Crippen LogP contribution in [0.4, 0.5) is 13.2 Å². The van der Waals surface area contributed by atoms with Crippen LogP contribution in [0.3, 0.4) is 0 Å². The van der Waals surface area contributed by atoms with Gasteiger partial charge in [-0.25, -0.2) is 4.79 Å². The Morgan fingerprint density at radius 3 is 2.42 bits per heavy atom. The summed E-state index contributed by atoms with van der Waals surface area (Å²) in [5.41, 5.74) is 0.0324. The molecule has 1 unspecified atom stereocenters. The third kappa shape index (κ3) is 8.42. The van der Waals surface area contributed by atoms with E-state index in [1.165, 1.54) is 9.75 Å². The second kappa shape index (κ2) is 10.8. The summed E-state index contributed by atoms with van der Waals surface area (Å²) < 4.78 is 37.9. The normalized spacial score (nSPS) is 21.1. The monoisotopic (exact) mass is 464 g/mol. The van der Waals surface area contributed by atoms with Gasteiger partial charge in [0.1, 0.15) is 0 Å². The summed E-state index contributed by atoms with van der Waals surface area (Å²) in [6.45, 7) is 10.2. The maximum atomic E-state index is 12.0. The van der Waals surface area contributed by atoms with Gasteiger partial charge in [-0.1, -0.05) is 0 Å². The van der Waals surface area contributed by atoms with Crippen LogP contribution in [0, 0.1) is 12.8 Å². The molecule has 1 atom stereocenters. The number of carboxylic acid groups (broad SMARTS) is 1. The van der Waals surface area contributed by atoms with Gasteiger partial charge >= 0.3 is 12.1 Å². The minimum atomic E-state index is -5.08. The zero-order valence-electron chi connectivity index (χ0n) is 18.1. The highest BCUT2D eigenvalue weighted by Crippen LogP contribution is 2.40. The summed E-state index contributed by atoms with van der Waals surface area (Å²) in [5.74, 6) is -2.20. The fourth-order valence-electron chi connectivity index (χ4n) is 3.97. The second-order valence-electron chi connectivity index (χ2n) is 8.58. The lowest BCUT2D eigenvalue weighted by Gasteiger charge is -2.38. The first kappa shape index (κ1) is 25.6. The number of alkyl halides is 3. The Kier molecular flexibility index (Phi) is 8.91. The minimum Gasteiger partial charge on any atom is -0.475 e. The highest BCUT2D eigenvalue weighted by Gasteiger charge is 2.43. The molecule has 3 rings (SSSR count). The van der Waals surface area contributed by atoms with Crippen molar-refractivity contribution in [2.24, 2.45) is 5.92 Å². The largest absolute Gasteiger partial charge is 0.490 e. The van der Waals surface area contributed by atoms with Crippen molar-refractivity contribution >= 4 is 23.2 Å². The third-order valence-corrected chi connectivity index (χ3v) is 6.38. The molecule has 0 bridgehead atoms. The van der Waals surface area contributed by atoms with Crippen molar-refractivity contribution in [1.29, 1.82) is 0 Å². The van der Waals surface area contributed by atoms with E-state index in [0.29, 0.717) is 12.3 Å². The van der Waals surface area contributed by atoms with Crippen LogP contribution in [0.1, 0.15) is 49.3 Å². The van der Waals surface area contributed by atoms with Crippen molar-refractivity contribution in [3.63, 3.8) is 0 Å². The molecular formula is C21H31F3N2O4S. The van der Waals surface area contributed by atoms with Crippen molar-refractivity contribution < 1.29 is 32.6 Å². The molecule has 0 aromatic carbocycles. The second-order valence-corrected chi connectivity index (χ2v) is 9.95. The van der Waals surface area contributed by atoms with Gasteiger partial charge < -0.3 is 15.2 Å². The first-order valence-corrected chi connectivity index (χ1v) is 11.2. The molecule has 176 valence electrons. The number of rotatable bonds is 5. The lowest BCUT2D eigenvalue weighted by Crippen LogP contribution is -2.43. The molecule has 1 amide bonds. The number of nitrogens with zero attached hydrogens (tertiary/aromatic N) is 1. The lowest BCUT2D eigenvalue weighted by atomic mass is 9.84. The van der Waals surface area contributed by atoms with E-state index in [1.807, 2.05) is 25.2 Å². The quantitative estimate of drug-likeness (QED) is 0.689. The summed E-state index contributed by atoms with van der Waals surface area (Å²) in [6, 6.07) is 4.68. The molecule has 1 spiro atoms. The van der Waals surface area contributed by atoms with Crippen LogP contribution in [-0.2, 0) is 20.9 Å². The smallest absolute Gasteiger partial charge is 0.475 e. The Hall–Kier alpha value is -1.65. The maximum absolute atomic E-state index is 12.0. The number of ether oxygens (including phenoxy) is 1. The van der Waals surface area contributed by atoms with Crippen LogP contribution in [0.15, 0.2) is 12.1 Å². The molecule has 1 aromatic rings. The Labute approximate surface area is 184 Å². The zero-order valence-corrected chi connectivity index (χ0v) is 18.9. The Bertz CT molecular complexity index is 743. The van der Waals surface area contributed by atoms with Gasteiger partial charge in [-0.2, -0.15) is 13.2 Å². The van der Waals surface area contributed by atoms with E-state index in [0.717, 1.165) is 45.5 Å². The van der Waals surface area contributed by atoms with Crippen molar-refractivity contribution in [3.8, 4) is 0 Å². The number of thiophene rings is 1. The lowest BCUT2D eigenvalue weighted by molar-refractivity contribution is -0.192. The minimum absolute atomic E-state index is 0.0324. The first-order chi connectivity index (χ1) is 14.4. The predicted molar refractivity (Wildman–Crippen MR) is 112 cm³/mol. The van der Waals surface area contributed by atoms with E-state index in [9.17, 15) is 18.0 Å². The number of likely N-dealkylation sites (tertiary alicyclic amines) is 1. The van der Waals surface area contributed by atoms with E-state index in [-0.39, 0.29) is 17.6 Å². The van der Waals surface area contributed by atoms with Crippen LogP contribution in [0.5, 0.6) is 0 Å². The molecule has 0 radical (unpaired) electrons. The molecule has 2 fully saturated rings. The molecule has 3 heterocycles. The summed E-state index contributed by atoms with van der Waals surface area (Å²) in [4.78, 5) is 26.2. The van der Waals surface area contributed by atoms with Gasteiger partial charge in [0.25, 0.3) is 0 Å². The molecule has 2 saturated heterocycles. The van der Waals surface area contributed by atoms with Crippen LogP contribution < -0.4 is 5.32 Å². The molecule has 31 heavy (non-hydrogen) atoms. The fourth-order valence-corrected chi connectivity index (χ4v) is 4.90. The topological polar surface area (TPSA) is 78.9 Å². The number of piperidine rings is 1. The summed E-state index contributed by atoms with van der Waals surface area (Å²) >= 11 is 1.90. The number of hydrogen-bond donors (Lipinski definition) is 2. The van der Waals surface area contributed by atoms with Gasteiger partial charge in [-0.15, -0.1) is 11.3 Å². The van der Waals surface area contributed by atoms with Crippen molar-refractivity contribution in [3.05, 3.63) is 21.9 Å². The molecule has 0 saturated carbocycles.